The van der Waals surface area contributed by atoms with E-state index in [2.05, 4.69) is 5.32 Å². The van der Waals surface area contributed by atoms with Crippen molar-refractivity contribution in [3.63, 3.8) is 0 Å². The van der Waals surface area contributed by atoms with Gasteiger partial charge in [-0.3, -0.25) is 9.59 Å². The van der Waals surface area contributed by atoms with E-state index in [4.69, 9.17) is 0 Å². The van der Waals surface area contributed by atoms with Crippen molar-refractivity contribution in [1.29, 1.82) is 0 Å². The first-order valence-corrected chi connectivity index (χ1v) is 11.1. The quantitative estimate of drug-likeness (QED) is 0.811. The van der Waals surface area contributed by atoms with Crippen LogP contribution in [0.5, 0.6) is 0 Å². The summed E-state index contributed by atoms with van der Waals surface area (Å²) < 4.78 is 0. The van der Waals surface area contributed by atoms with E-state index in [0.29, 0.717) is 23.9 Å². The molecule has 1 aliphatic heterocycles. The molecule has 4 nitrogen and oxygen atoms in total. The van der Waals surface area contributed by atoms with E-state index in [1.807, 2.05) is 59.5 Å². The number of thioether (sulfide) groups is 1. The largest absolute Gasteiger partial charge is 0.349 e. The van der Waals surface area contributed by atoms with Gasteiger partial charge >= 0.3 is 0 Å². The number of amides is 2. The third-order valence-electron chi connectivity index (χ3n) is 5.56. The average molecular weight is 395 g/mol. The van der Waals surface area contributed by atoms with Crippen molar-refractivity contribution in [2.45, 2.75) is 50.1 Å². The molecular weight excluding hydrogens is 368 g/mol. The Labute approximate surface area is 170 Å². The summed E-state index contributed by atoms with van der Waals surface area (Å²) in [6.45, 7) is 0.612. The van der Waals surface area contributed by atoms with Gasteiger partial charge in [0.15, 0.2) is 0 Å². The van der Waals surface area contributed by atoms with Crippen LogP contribution in [0.4, 0.5) is 0 Å². The Balaban J connectivity index is 1.43. The smallest absolute Gasteiger partial charge is 0.251 e. The number of hydrogen-bond acceptors (Lipinski definition) is 3. The van der Waals surface area contributed by atoms with Gasteiger partial charge < -0.3 is 10.2 Å². The minimum absolute atomic E-state index is 0.00293. The predicted octanol–water partition coefficient (Wildman–Crippen LogP) is 4.52. The maximum absolute atomic E-state index is 12.5. The fourth-order valence-corrected chi connectivity index (χ4v) is 5.18. The molecule has 2 fully saturated rings. The Morgan fingerprint density at radius 1 is 1.00 bits per heavy atom. The van der Waals surface area contributed by atoms with Gasteiger partial charge in [0.1, 0.15) is 5.37 Å². The van der Waals surface area contributed by atoms with Crippen molar-refractivity contribution in [3.8, 4) is 0 Å². The maximum Gasteiger partial charge on any atom is 0.251 e. The molecule has 2 aromatic rings. The van der Waals surface area contributed by atoms with E-state index in [1.54, 1.807) is 11.8 Å². The second-order valence-corrected chi connectivity index (χ2v) is 8.67. The molecule has 2 aromatic carbocycles. The first-order chi connectivity index (χ1) is 13.7. The Kier molecular flexibility index (Phi) is 6.01. The van der Waals surface area contributed by atoms with Gasteiger partial charge in [0, 0.05) is 18.2 Å². The van der Waals surface area contributed by atoms with E-state index >= 15 is 0 Å². The predicted molar refractivity (Wildman–Crippen MR) is 113 cm³/mol. The molecule has 0 radical (unpaired) electrons. The highest BCUT2D eigenvalue weighted by Gasteiger charge is 2.32. The van der Waals surface area contributed by atoms with Gasteiger partial charge in [-0.1, -0.05) is 61.7 Å². The first-order valence-electron chi connectivity index (χ1n) is 10.1. The Bertz CT molecular complexity index is 816. The molecule has 0 spiro atoms. The van der Waals surface area contributed by atoms with Gasteiger partial charge in [0.25, 0.3) is 5.91 Å². The molecule has 146 valence electrons. The topological polar surface area (TPSA) is 49.4 Å². The fourth-order valence-electron chi connectivity index (χ4n) is 4.00. The molecule has 1 aliphatic carbocycles. The fraction of sp³-hybridized carbons (Fsp3) is 0.391. The molecule has 2 aliphatic rings. The highest BCUT2D eigenvalue weighted by molar-refractivity contribution is 8.00. The molecule has 0 aromatic heterocycles. The molecule has 1 heterocycles. The van der Waals surface area contributed by atoms with Gasteiger partial charge in [0.2, 0.25) is 5.91 Å². The van der Waals surface area contributed by atoms with Crippen LogP contribution in [0.15, 0.2) is 54.6 Å². The minimum atomic E-state index is 0.00293. The third-order valence-corrected chi connectivity index (χ3v) is 6.82. The number of hydrogen-bond donors (Lipinski definition) is 1. The lowest BCUT2D eigenvalue weighted by molar-refractivity contribution is -0.128. The minimum Gasteiger partial charge on any atom is -0.349 e. The highest BCUT2D eigenvalue weighted by Crippen LogP contribution is 2.39. The van der Waals surface area contributed by atoms with Crippen LogP contribution in [0.25, 0.3) is 0 Å². The van der Waals surface area contributed by atoms with Gasteiger partial charge in [-0.2, -0.15) is 0 Å². The molecule has 1 atom stereocenters. The monoisotopic (exact) mass is 394 g/mol. The molecule has 1 N–H and O–H groups in total. The van der Waals surface area contributed by atoms with Gasteiger partial charge in [-0.15, -0.1) is 11.8 Å². The Morgan fingerprint density at radius 2 is 1.71 bits per heavy atom. The number of carbonyl (C=O) groups is 2. The van der Waals surface area contributed by atoms with Crippen molar-refractivity contribution >= 4 is 23.6 Å². The first kappa shape index (κ1) is 19.1. The zero-order valence-corrected chi connectivity index (χ0v) is 16.8. The van der Waals surface area contributed by atoms with Crippen LogP contribution in [0, 0.1) is 0 Å². The van der Waals surface area contributed by atoms with Crippen LogP contribution >= 0.6 is 11.8 Å². The summed E-state index contributed by atoms with van der Waals surface area (Å²) in [4.78, 5) is 26.8. The second-order valence-electron chi connectivity index (χ2n) is 7.60. The molecule has 28 heavy (non-hydrogen) atoms. The molecule has 1 saturated carbocycles. The highest BCUT2D eigenvalue weighted by atomic mass is 32.2. The summed E-state index contributed by atoms with van der Waals surface area (Å²) in [5.74, 6) is 0.675. The van der Waals surface area contributed by atoms with E-state index in [1.165, 1.54) is 19.3 Å². The van der Waals surface area contributed by atoms with Crippen LogP contribution in [-0.4, -0.2) is 28.5 Å². The van der Waals surface area contributed by atoms with Crippen molar-refractivity contribution in [2.75, 3.05) is 5.75 Å². The zero-order valence-electron chi connectivity index (χ0n) is 16.0. The van der Waals surface area contributed by atoms with Gasteiger partial charge in [-0.05, 0) is 36.1 Å². The van der Waals surface area contributed by atoms with Crippen molar-refractivity contribution in [3.05, 3.63) is 71.3 Å². The lowest BCUT2D eigenvalue weighted by atomic mass is 9.95. The standard InChI is InChI=1S/C23H26N2O2S/c26-21-16-28-23(25(21)15-17-7-3-1-4-8-17)19-13-11-18(12-14-19)22(27)24-20-9-5-2-6-10-20/h1,3-4,7-8,11-14,20,23H,2,5-6,9-10,15-16H2,(H,24,27)/t23-/m1/s1. The van der Waals surface area contributed by atoms with Gasteiger partial charge in [0.05, 0.1) is 5.75 Å². The molecule has 0 bridgehead atoms. The Morgan fingerprint density at radius 3 is 2.43 bits per heavy atom. The molecule has 4 rings (SSSR count). The normalized spacial score (nSPS) is 20.4. The maximum atomic E-state index is 12.5. The molecular formula is C23H26N2O2S. The molecule has 0 unspecified atom stereocenters. The van der Waals surface area contributed by atoms with Crippen molar-refractivity contribution in [1.82, 2.24) is 10.2 Å². The van der Waals surface area contributed by atoms with Crippen molar-refractivity contribution < 1.29 is 9.59 Å². The van der Waals surface area contributed by atoms with Crippen LogP contribution < -0.4 is 5.32 Å². The van der Waals surface area contributed by atoms with Crippen LogP contribution in [0.3, 0.4) is 0 Å². The zero-order chi connectivity index (χ0) is 19.3. The van der Waals surface area contributed by atoms with E-state index < -0.39 is 0 Å². The number of nitrogens with zero attached hydrogens (tertiary/aromatic N) is 1. The second kappa shape index (κ2) is 8.82. The molecule has 2 amide bonds. The van der Waals surface area contributed by atoms with Crippen LogP contribution in [0.2, 0.25) is 0 Å². The third kappa shape index (κ3) is 4.41. The summed E-state index contributed by atoms with van der Waals surface area (Å²) in [7, 11) is 0. The Hall–Kier alpha value is -2.27. The van der Waals surface area contributed by atoms with E-state index in [-0.39, 0.29) is 17.2 Å². The summed E-state index contributed by atoms with van der Waals surface area (Å²) >= 11 is 1.65. The summed E-state index contributed by atoms with van der Waals surface area (Å²) in [6.07, 6.45) is 5.85. The number of benzene rings is 2. The SMILES string of the molecule is O=C(NC1CCCCC1)c1ccc([C@H]2SCC(=O)N2Cc2ccccc2)cc1. The van der Waals surface area contributed by atoms with E-state index in [9.17, 15) is 9.59 Å². The van der Waals surface area contributed by atoms with Crippen LogP contribution in [0.1, 0.15) is 59.0 Å². The lowest BCUT2D eigenvalue weighted by Crippen LogP contribution is -2.36. The van der Waals surface area contributed by atoms with Crippen molar-refractivity contribution in [2.24, 2.45) is 0 Å². The molecule has 1 saturated heterocycles. The average Bonchev–Trinajstić information content (AvgIpc) is 3.10. The molecule has 5 heteroatoms. The van der Waals surface area contributed by atoms with Gasteiger partial charge in [-0.25, -0.2) is 0 Å². The summed E-state index contributed by atoms with van der Waals surface area (Å²) in [6, 6.07) is 18.1. The summed E-state index contributed by atoms with van der Waals surface area (Å²) in [5, 5.41) is 3.17. The summed E-state index contributed by atoms with van der Waals surface area (Å²) in [5.41, 5.74) is 2.89. The number of nitrogens with one attached hydrogen (secondary N) is 1. The number of rotatable bonds is 5. The lowest BCUT2D eigenvalue weighted by Gasteiger charge is -2.25. The number of carbonyl (C=O) groups excluding carboxylic acids is 2. The van der Waals surface area contributed by atoms with Crippen LogP contribution in [-0.2, 0) is 11.3 Å². The van der Waals surface area contributed by atoms with E-state index in [0.717, 1.165) is 24.0 Å².